The number of fused-ring (bicyclic) bond motifs is 2. The number of unbranched alkanes of at least 4 members (excludes halogenated alkanes) is 12. The van der Waals surface area contributed by atoms with Gasteiger partial charge in [-0.05, 0) is 108 Å². The molecule has 0 saturated carbocycles. The Morgan fingerprint density at radius 1 is 0.444 bits per heavy atom. The molecule has 5 amide bonds. The monoisotopic (exact) mass is 966 g/mol. The van der Waals surface area contributed by atoms with Crippen LogP contribution < -0.4 is 10.1 Å². The SMILES string of the molecule is CCCCCCC(CCCCCC)N1C(=O)c2ccc3c4ccc5c6c(cc(Oc7ccc(NC(=O)c8ccccc8)cc7)c(c7ccc(c2c37)C1=O)c64)C(=O)N(C(CCCCCC)CCCCCC)C5=O. The average Bonchev–Trinajstić information content (AvgIpc) is 3.39. The molecule has 0 atom stereocenters. The summed E-state index contributed by atoms with van der Waals surface area (Å²) in [5, 5.41) is 8.82. The van der Waals surface area contributed by atoms with Crippen molar-refractivity contribution in [3.63, 3.8) is 0 Å². The molecule has 2 heterocycles. The van der Waals surface area contributed by atoms with E-state index in [2.05, 4.69) is 33.0 Å². The third-order valence-corrected chi connectivity index (χ3v) is 15.4. The van der Waals surface area contributed by atoms with Gasteiger partial charge in [-0.1, -0.05) is 167 Å². The molecule has 0 saturated heterocycles. The molecule has 0 aromatic heterocycles. The number of amides is 5. The molecule has 9 nitrogen and oxygen atoms in total. The summed E-state index contributed by atoms with van der Waals surface area (Å²) in [5.41, 5.74) is 3.05. The van der Waals surface area contributed by atoms with Gasteiger partial charge in [-0.3, -0.25) is 33.8 Å². The first-order valence-electron chi connectivity index (χ1n) is 27.3. The molecule has 2 aliphatic rings. The Morgan fingerprint density at radius 3 is 1.35 bits per heavy atom. The number of carbonyl (C=O) groups excluding carboxylic acids is 5. The maximum absolute atomic E-state index is 15.3. The number of nitrogens with zero attached hydrogens (tertiary/aromatic N) is 2. The van der Waals surface area contributed by atoms with Gasteiger partial charge in [0.25, 0.3) is 29.5 Å². The van der Waals surface area contributed by atoms with E-state index in [0.29, 0.717) is 61.2 Å². The maximum atomic E-state index is 15.3. The second-order valence-electron chi connectivity index (χ2n) is 20.4. The van der Waals surface area contributed by atoms with Crippen LogP contribution in [0.4, 0.5) is 5.69 Å². The van der Waals surface area contributed by atoms with Crippen LogP contribution in [-0.2, 0) is 0 Å². The van der Waals surface area contributed by atoms with Crippen LogP contribution in [0.25, 0.3) is 43.1 Å². The molecular weight excluding hydrogens is 895 g/mol. The summed E-state index contributed by atoms with van der Waals surface area (Å²) in [6.45, 7) is 8.76. The van der Waals surface area contributed by atoms with Crippen molar-refractivity contribution in [2.75, 3.05) is 5.32 Å². The molecule has 9 heteroatoms. The lowest BCUT2D eigenvalue weighted by molar-refractivity contribution is 0.0501. The molecule has 7 aromatic carbocycles. The van der Waals surface area contributed by atoms with Crippen molar-refractivity contribution in [2.45, 2.75) is 168 Å². The molecule has 0 radical (unpaired) electrons. The highest BCUT2D eigenvalue weighted by Gasteiger charge is 2.41. The van der Waals surface area contributed by atoms with Gasteiger partial charge in [0.2, 0.25) is 0 Å². The lowest BCUT2D eigenvalue weighted by atomic mass is 9.81. The zero-order chi connectivity index (χ0) is 50.3. The number of hydrogen-bond acceptors (Lipinski definition) is 6. The first-order valence-corrected chi connectivity index (χ1v) is 27.3. The topological polar surface area (TPSA) is 113 Å². The molecule has 0 aliphatic carbocycles. The largest absolute Gasteiger partial charge is 0.457 e. The van der Waals surface area contributed by atoms with Crippen molar-refractivity contribution in [3.05, 3.63) is 125 Å². The Kier molecular flexibility index (Phi) is 16.0. The molecule has 0 fully saturated rings. The van der Waals surface area contributed by atoms with Gasteiger partial charge >= 0.3 is 0 Å². The minimum absolute atomic E-state index is 0.189. The molecule has 0 bridgehead atoms. The number of ether oxygens (including phenoxy) is 1. The van der Waals surface area contributed by atoms with Gasteiger partial charge in [0.05, 0.1) is 5.56 Å². The standard InChI is InChI=1S/C63H71N3O6/c1-5-9-13-20-26-43(27-21-14-10-6-2)65-60(68)49-37-34-46-47-35-38-51-56-52(63(71)66(62(51)70)44(28-22-15-11-7-3)29-23-16-12-8-4)40-53(57(58(47)56)48-36-39-50(61(65)69)55(49)54(46)48)72-45-32-30-42(31-33-45)64-59(67)41-24-18-17-19-25-41/h17-19,24-25,30-40,43-44H,5-16,20-23,26-29H2,1-4H3,(H,64,67). The Labute approximate surface area is 425 Å². The highest BCUT2D eigenvalue weighted by molar-refractivity contribution is 6.42. The number of hydrogen-bond donors (Lipinski definition) is 1. The fourth-order valence-corrected chi connectivity index (χ4v) is 11.7. The predicted molar refractivity (Wildman–Crippen MR) is 292 cm³/mol. The van der Waals surface area contributed by atoms with Crippen molar-refractivity contribution in [2.24, 2.45) is 0 Å². The number of rotatable bonds is 26. The van der Waals surface area contributed by atoms with E-state index in [0.717, 1.165) is 155 Å². The molecule has 374 valence electrons. The number of nitrogens with one attached hydrogen (secondary N) is 1. The summed E-state index contributed by atoms with van der Waals surface area (Å²) < 4.78 is 6.94. The van der Waals surface area contributed by atoms with E-state index in [9.17, 15) is 14.4 Å². The van der Waals surface area contributed by atoms with Crippen LogP contribution in [0.2, 0.25) is 0 Å². The molecule has 1 N–H and O–H groups in total. The summed E-state index contributed by atoms with van der Waals surface area (Å²) in [7, 11) is 0. The molecular formula is C63H71N3O6. The first kappa shape index (κ1) is 50.3. The van der Waals surface area contributed by atoms with Gasteiger partial charge in [0.1, 0.15) is 11.5 Å². The van der Waals surface area contributed by atoms with Crippen LogP contribution in [0.3, 0.4) is 0 Å². The van der Waals surface area contributed by atoms with Crippen LogP contribution in [0.15, 0.2) is 97.1 Å². The van der Waals surface area contributed by atoms with E-state index in [-0.39, 0.29) is 41.6 Å². The molecule has 72 heavy (non-hydrogen) atoms. The van der Waals surface area contributed by atoms with Gasteiger partial charge in [-0.15, -0.1) is 0 Å². The van der Waals surface area contributed by atoms with Crippen molar-refractivity contribution in [3.8, 4) is 11.5 Å². The van der Waals surface area contributed by atoms with Gasteiger partial charge in [0, 0.05) is 61.6 Å². The fourth-order valence-electron chi connectivity index (χ4n) is 11.7. The minimum atomic E-state index is -0.317. The second-order valence-corrected chi connectivity index (χ2v) is 20.4. The van der Waals surface area contributed by atoms with E-state index in [1.165, 1.54) is 0 Å². The van der Waals surface area contributed by atoms with E-state index >= 15 is 9.59 Å². The van der Waals surface area contributed by atoms with Crippen LogP contribution in [0.1, 0.15) is 208 Å². The normalized spacial score (nSPS) is 13.6. The number of benzene rings is 7. The number of carbonyl (C=O) groups is 5. The van der Waals surface area contributed by atoms with Crippen molar-refractivity contribution >= 4 is 78.3 Å². The maximum Gasteiger partial charge on any atom is 0.261 e. The lowest BCUT2D eigenvalue weighted by Crippen LogP contribution is -2.47. The Morgan fingerprint density at radius 2 is 0.875 bits per heavy atom. The summed E-state index contributed by atoms with van der Waals surface area (Å²) in [6.07, 6.45) is 20.0. The third-order valence-electron chi connectivity index (χ3n) is 15.4. The zero-order valence-electron chi connectivity index (χ0n) is 42.9. The average molecular weight is 966 g/mol. The lowest BCUT2D eigenvalue weighted by Gasteiger charge is -2.36. The molecule has 0 spiro atoms. The van der Waals surface area contributed by atoms with Crippen molar-refractivity contribution in [1.82, 2.24) is 9.80 Å². The quantitative estimate of drug-likeness (QED) is 0.0250. The van der Waals surface area contributed by atoms with E-state index in [1.807, 2.05) is 60.7 Å². The summed E-state index contributed by atoms with van der Waals surface area (Å²) >= 11 is 0. The zero-order valence-corrected chi connectivity index (χ0v) is 42.9. The highest BCUT2D eigenvalue weighted by atomic mass is 16.5. The van der Waals surface area contributed by atoms with Crippen LogP contribution in [-0.4, -0.2) is 51.4 Å². The summed E-state index contributed by atoms with van der Waals surface area (Å²) in [6, 6.07) is 29.1. The molecule has 2 aliphatic heterocycles. The highest BCUT2D eigenvalue weighted by Crippen LogP contribution is 2.50. The minimum Gasteiger partial charge on any atom is -0.457 e. The summed E-state index contributed by atoms with van der Waals surface area (Å²) in [5.74, 6) is -0.430. The summed E-state index contributed by atoms with van der Waals surface area (Å²) in [4.78, 5) is 76.4. The number of anilines is 1. The third kappa shape index (κ3) is 9.84. The van der Waals surface area contributed by atoms with E-state index < -0.39 is 0 Å². The van der Waals surface area contributed by atoms with Gasteiger partial charge < -0.3 is 10.1 Å². The van der Waals surface area contributed by atoms with Crippen LogP contribution in [0, 0.1) is 0 Å². The van der Waals surface area contributed by atoms with Crippen LogP contribution >= 0.6 is 0 Å². The molecule has 9 rings (SSSR count). The Balaban J connectivity index is 1.19. The van der Waals surface area contributed by atoms with Crippen LogP contribution in [0.5, 0.6) is 11.5 Å². The Hall–Kier alpha value is -6.61. The molecule has 7 aromatic rings. The van der Waals surface area contributed by atoms with Gasteiger partial charge in [0.15, 0.2) is 0 Å². The van der Waals surface area contributed by atoms with E-state index in [1.54, 1.807) is 46.2 Å². The Bertz CT molecular complexity index is 3060. The van der Waals surface area contributed by atoms with Gasteiger partial charge in [-0.2, -0.15) is 0 Å². The first-order chi connectivity index (χ1) is 35.2. The van der Waals surface area contributed by atoms with Crippen molar-refractivity contribution in [1.29, 1.82) is 0 Å². The number of imide groups is 2. The smallest absolute Gasteiger partial charge is 0.261 e. The predicted octanol–water partition coefficient (Wildman–Crippen LogP) is 16.6. The molecule has 0 unspecified atom stereocenters. The van der Waals surface area contributed by atoms with Crippen molar-refractivity contribution < 1.29 is 28.7 Å². The second kappa shape index (κ2) is 22.9. The fraction of sp³-hybridized carbons (Fsp3) is 0.413. The van der Waals surface area contributed by atoms with E-state index in [4.69, 9.17) is 4.74 Å². The van der Waals surface area contributed by atoms with Gasteiger partial charge in [-0.25, -0.2) is 0 Å².